The third-order valence-corrected chi connectivity index (χ3v) is 4.63. The predicted molar refractivity (Wildman–Crippen MR) is 110 cm³/mol. The number of rotatable bonds is 9. The second kappa shape index (κ2) is 11.7. The Morgan fingerprint density at radius 3 is 2.59 bits per heavy atom. The molecular weight excluding hydrogens is 340 g/mol. The number of carbonyl (C=O) groups excluding carboxylic acids is 1. The Morgan fingerprint density at radius 2 is 1.93 bits per heavy atom. The van der Waals surface area contributed by atoms with Crippen LogP contribution < -0.4 is 14.8 Å². The monoisotopic (exact) mass is 374 g/mol. The van der Waals surface area contributed by atoms with Crippen LogP contribution in [0.3, 0.4) is 0 Å². The number of likely N-dealkylation sites (tertiary alicyclic amines) is 1. The topological polar surface area (TPSA) is 50.8 Å². The van der Waals surface area contributed by atoms with Crippen LogP contribution in [0, 0.1) is 0 Å². The minimum absolute atomic E-state index is 0.0626. The molecule has 1 heterocycles. The Morgan fingerprint density at radius 1 is 1.19 bits per heavy atom. The molecule has 0 unspecified atom stereocenters. The predicted octanol–water partition coefficient (Wildman–Crippen LogP) is 3.88. The van der Waals surface area contributed by atoms with Crippen LogP contribution >= 0.6 is 0 Å². The maximum atomic E-state index is 12.0. The molecule has 1 N–H and O–H groups in total. The summed E-state index contributed by atoms with van der Waals surface area (Å²) in [4.78, 5) is 14.5. The third-order valence-electron chi connectivity index (χ3n) is 4.63. The summed E-state index contributed by atoms with van der Waals surface area (Å²) in [6.45, 7) is 8.13. The van der Waals surface area contributed by atoms with E-state index in [9.17, 15) is 4.79 Å². The van der Waals surface area contributed by atoms with Gasteiger partial charge in [-0.3, -0.25) is 4.79 Å². The average molecular weight is 375 g/mol. The van der Waals surface area contributed by atoms with E-state index in [1.54, 1.807) is 19.3 Å². The first-order chi connectivity index (χ1) is 13.1. The summed E-state index contributed by atoms with van der Waals surface area (Å²) < 4.78 is 11.1. The molecule has 0 atom stereocenters. The van der Waals surface area contributed by atoms with Crippen molar-refractivity contribution in [2.75, 3.05) is 33.3 Å². The lowest BCUT2D eigenvalue weighted by Gasteiger charge is -2.19. The van der Waals surface area contributed by atoms with Crippen LogP contribution in [0.2, 0.25) is 0 Å². The molecule has 1 saturated heterocycles. The lowest BCUT2D eigenvalue weighted by atomic mass is 10.2. The highest BCUT2D eigenvalue weighted by Crippen LogP contribution is 2.29. The molecule has 1 aromatic rings. The Labute approximate surface area is 163 Å². The van der Waals surface area contributed by atoms with Gasteiger partial charge in [-0.1, -0.05) is 18.9 Å². The zero-order valence-corrected chi connectivity index (χ0v) is 17.0. The smallest absolute Gasteiger partial charge is 0.243 e. The van der Waals surface area contributed by atoms with Gasteiger partial charge in [-0.15, -0.1) is 0 Å². The van der Waals surface area contributed by atoms with E-state index in [-0.39, 0.29) is 12.0 Å². The molecule has 1 aliphatic heterocycles. The second-order valence-electron chi connectivity index (χ2n) is 7.31. The summed E-state index contributed by atoms with van der Waals surface area (Å²) in [5.74, 6) is 1.32. The van der Waals surface area contributed by atoms with Gasteiger partial charge in [-0.25, -0.2) is 0 Å². The summed E-state index contributed by atoms with van der Waals surface area (Å²) in [5, 5.41) is 2.97. The highest BCUT2D eigenvalue weighted by molar-refractivity contribution is 5.91. The maximum Gasteiger partial charge on any atom is 0.243 e. The van der Waals surface area contributed by atoms with Crippen molar-refractivity contribution in [3.8, 4) is 11.5 Å². The minimum Gasteiger partial charge on any atom is -0.493 e. The molecule has 1 fully saturated rings. The fourth-order valence-corrected chi connectivity index (χ4v) is 3.24. The molecule has 0 bridgehead atoms. The van der Waals surface area contributed by atoms with E-state index < -0.39 is 0 Å². The van der Waals surface area contributed by atoms with E-state index in [0.717, 1.165) is 18.5 Å². The zero-order valence-electron chi connectivity index (χ0n) is 17.0. The Kier molecular flexibility index (Phi) is 9.19. The summed E-state index contributed by atoms with van der Waals surface area (Å²) >= 11 is 0. The molecule has 27 heavy (non-hydrogen) atoms. The van der Waals surface area contributed by atoms with Crippen LogP contribution in [0.5, 0.6) is 11.5 Å². The normalized spacial score (nSPS) is 15.7. The molecule has 1 aromatic carbocycles. The van der Waals surface area contributed by atoms with Gasteiger partial charge in [0.25, 0.3) is 0 Å². The van der Waals surface area contributed by atoms with Crippen LogP contribution in [0.4, 0.5) is 0 Å². The fourth-order valence-electron chi connectivity index (χ4n) is 3.24. The van der Waals surface area contributed by atoms with Gasteiger partial charge < -0.3 is 19.7 Å². The number of methoxy groups -OCH3 is 1. The van der Waals surface area contributed by atoms with Gasteiger partial charge >= 0.3 is 0 Å². The SMILES string of the molecule is COc1cc(C=CC(=O)NCCCN2CCCCCC2)ccc1OC(C)C. The van der Waals surface area contributed by atoms with Gasteiger partial charge in [0.15, 0.2) is 11.5 Å². The van der Waals surface area contributed by atoms with Crippen LogP contribution in [0.25, 0.3) is 6.08 Å². The van der Waals surface area contributed by atoms with E-state index in [4.69, 9.17) is 9.47 Å². The van der Waals surface area contributed by atoms with Gasteiger partial charge in [-0.05, 0) is 76.5 Å². The minimum atomic E-state index is -0.0626. The Hall–Kier alpha value is -2.01. The molecule has 1 amide bonds. The summed E-state index contributed by atoms with van der Waals surface area (Å²) in [7, 11) is 1.62. The lowest BCUT2D eigenvalue weighted by Crippen LogP contribution is -2.30. The molecule has 0 spiro atoms. The van der Waals surface area contributed by atoms with Crippen molar-refractivity contribution in [1.82, 2.24) is 10.2 Å². The van der Waals surface area contributed by atoms with Crippen molar-refractivity contribution < 1.29 is 14.3 Å². The van der Waals surface area contributed by atoms with E-state index in [1.807, 2.05) is 32.0 Å². The van der Waals surface area contributed by atoms with Gasteiger partial charge in [0, 0.05) is 12.6 Å². The lowest BCUT2D eigenvalue weighted by molar-refractivity contribution is -0.116. The van der Waals surface area contributed by atoms with Gasteiger partial charge in [-0.2, -0.15) is 0 Å². The standard InChI is InChI=1S/C22H34N2O3/c1-18(2)27-20-11-9-19(17-21(20)26-3)10-12-22(25)23-13-8-16-24-14-6-4-5-7-15-24/h9-12,17-18H,4-8,13-16H2,1-3H3,(H,23,25). The molecule has 150 valence electrons. The average Bonchev–Trinajstić information content (AvgIpc) is 2.92. The van der Waals surface area contributed by atoms with Crippen molar-refractivity contribution >= 4 is 12.0 Å². The number of hydrogen-bond donors (Lipinski definition) is 1. The second-order valence-corrected chi connectivity index (χ2v) is 7.31. The molecule has 0 aliphatic carbocycles. The maximum absolute atomic E-state index is 12.0. The highest BCUT2D eigenvalue weighted by Gasteiger charge is 2.09. The fraction of sp³-hybridized carbons (Fsp3) is 0.591. The van der Waals surface area contributed by atoms with Crippen molar-refractivity contribution in [3.63, 3.8) is 0 Å². The van der Waals surface area contributed by atoms with E-state index >= 15 is 0 Å². The zero-order chi connectivity index (χ0) is 19.5. The highest BCUT2D eigenvalue weighted by atomic mass is 16.5. The summed E-state index contributed by atoms with van der Waals surface area (Å²) in [5.41, 5.74) is 0.905. The molecular formula is C22H34N2O3. The Balaban J connectivity index is 1.75. The van der Waals surface area contributed by atoms with Gasteiger partial charge in [0.1, 0.15) is 0 Å². The van der Waals surface area contributed by atoms with Crippen molar-refractivity contribution in [2.45, 2.75) is 52.1 Å². The van der Waals surface area contributed by atoms with E-state index in [2.05, 4.69) is 10.2 Å². The Bertz CT molecular complexity index is 606. The molecule has 0 saturated carbocycles. The van der Waals surface area contributed by atoms with Crippen LogP contribution in [-0.4, -0.2) is 50.2 Å². The number of nitrogens with one attached hydrogen (secondary N) is 1. The van der Waals surface area contributed by atoms with Crippen molar-refractivity contribution in [3.05, 3.63) is 29.8 Å². The van der Waals surface area contributed by atoms with Crippen LogP contribution in [0.15, 0.2) is 24.3 Å². The summed E-state index contributed by atoms with van der Waals surface area (Å²) in [6, 6.07) is 5.67. The number of benzene rings is 1. The van der Waals surface area contributed by atoms with Gasteiger partial charge in [0.05, 0.1) is 13.2 Å². The van der Waals surface area contributed by atoms with Crippen LogP contribution in [0.1, 0.15) is 51.5 Å². The van der Waals surface area contributed by atoms with Crippen LogP contribution in [-0.2, 0) is 4.79 Å². The molecule has 2 rings (SSSR count). The molecule has 0 aromatic heterocycles. The van der Waals surface area contributed by atoms with E-state index in [1.165, 1.54) is 38.8 Å². The molecule has 5 heteroatoms. The molecule has 1 aliphatic rings. The quantitative estimate of drug-likeness (QED) is 0.526. The largest absolute Gasteiger partial charge is 0.493 e. The molecule has 0 radical (unpaired) electrons. The van der Waals surface area contributed by atoms with Crippen molar-refractivity contribution in [1.29, 1.82) is 0 Å². The number of ether oxygens (including phenoxy) is 2. The number of nitrogens with zero attached hydrogens (tertiary/aromatic N) is 1. The first kappa shape index (κ1) is 21.3. The first-order valence-electron chi connectivity index (χ1n) is 10.1. The molecule has 5 nitrogen and oxygen atoms in total. The summed E-state index contributed by atoms with van der Waals surface area (Å²) in [6.07, 6.45) is 9.77. The van der Waals surface area contributed by atoms with E-state index in [0.29, 0.717) is 18.0 Å². The third kappa shape index (κ3) is 8.04. The first-order valence-corrected chi connectivity index (χ1v) is 10.1. The van der Waals surface area contributed by atoms with Gasteiger partial charge in [0.2, 0.25) is 5.91 Å². The number of carbonyl (C=O) groups is 1. The number of hydrogen-bond acceptors (Lipinski definition) is 4. The van der Waals surface area contributed by atoms with Crippen molar-refractivity contribution in [2.24, 2.45) is 0 Å². The number of amides is 1.